The third-order valence-electron chi connectivity index (χ3n) is 2.08. The normalized spacial score (nSPS) is 15.5. The summed E-state index contributed by atoms with van der Waals surface area (Å²) in [5.74, 6) is 2.15. The van der Waals surface area contributed by atoms with Crippen molar-refractivity contribution in [1.82, 2.24) is 0 Å². The van der Waals surface area contributed by atoms with Gasteiger partial charge in [0.1, 0.15) is 5.75 Å². The predicted molar refractivity (Wildman–Crippen MR) is 56.8 cm³/mol. The number of nitrogens with one attached hydrogen (secondary N) is 1. The maximum absolute atomic E-state index is 5.31. The molecule has 70 valence electrons. The Labute approximate surface area is 82.7 Å². The van der Waals surface area contributed by atoms with Crippen LogP contribution in [0.25, 0.3) is 0 Å². The van der Waals surface area contributed by atoms with E-state index in [-0.39, 0.29) is 0 Å². The minimum absolute atomic E-state index is 0.983. The summed E-state index contributed by atoms with van der Waals surface area (Å²) in [5.41, 5.74) is 1.21. The van der Waals surface area contributed by atoms with Gasteiger partial charge in [0.2, 0.25) is 0 Å². The van der Waals surface area contributed by atoms with Crippen LogP contribution in [-0.2, 0) is 0 Å². The van der Waals surface area contributed by atoms with Gasteiger partial charge in [-0.05, 0) is 24.3 Å². The second kappa shape index (κ2) is 3.92. The Morgan fingerprint density at radius 1 is 1.46 bits per heavy atom. The fourth-order valence-electron chi connectivity index (χ4n) is 1.43. The van der Waals surface area contributed by atoms with E-state index in [0.29, 0.717) is 0 Å². The van der Waals surface area contributed by atoms with Crippen LogP contribution < -0.4 is 10.1 Å². The number of hydrogen-bond donors (Lipinski definition) is 1. The van der Waals surface area contributed by atoms with Crippen molar-refractivity contribution in [3.63, 3.8) is 0 Å². The summed E-state index contributed by atoms with van der Waals surface area (Å²) in [4.78, 5) is 1.25. The lowest BCUT2D eigenvalue weighted by Crippen LogP contribution is -1.99. The van der Waals surface area contributed by atoms with E-state index in [2.05, 4.69) is 11.4 Å². The van der Waals surface area contributed by atoms with Crippen molar-refractivity contribution < 1.29 is 4.74 Å². The number of anilines is 1. The Morgan fingerprint density at radius 2 is 2.38 bits per heavy atom. The molecule has 0 unspecified atom stereocenters. The molecule has 0 fully saturated rings. The molecule has 1 heterocycles. The van der Waals surface area contributed by atoms with Gasteiger partial charge in [0.15, 0.2) is 0 Å². The number of benzene rings is 1. The summed E-state index contributed by atoms with van der Waals surface area (Å²) in [5, 5.41) is 3.40. The Morgan fingerprint density at radius 3 is 3.23 bits per heavy atom. The number of thioether (sulfide) groups is 1. The maximum Gasteiger partial charge on any atom is 0.134 e. The molecule has 0 aromatic heterocycles. The molecular formula is C10H13NOS. The van der Waals surface area contributed by atoms with Crippen LogP contribution in [0.3, 0.4) is 0 Å². The topological polar surface area (TPSA) is 21.3 Å². The van der Waals surface area contributed by atoms with Gasteiger partial charge in [0, 0.05) is 6.54 Å². The van der Waals surface area contributed by atoms with Crippen LogP contribution in [0.15, 0.2) is 23.1 Å². The van der Waals surface area contributed by atoms with Crippen LogP contribution in [0.4, 0.5) is 5.69 Å². The number of methoxy groups -OCH3 is 1. The van der Waals surface area contributed by atoms with E-state index in [0.717, 1.165) is 12.3 Å². The van der Waals surface area contributed by atoms with Crippen LogP contribution in [0.1, 0.15) is 6.42 Å². The highest BCUT2D eigenvalue weighted by molar-refractivity contribution is 7.99. The first-order valence-electron chi connectivity index (χ1n) is 4.45. The van der Waals surface area contributed by atoms with Gasteiger partial charge in [-0.3, -0.25) is 0 Å². The van der Waals surface area contributed by atoms with E-state index in [1.807, 2.05) is 23.9 Å². The van der Waals surface area contributed by atoms with Crippen molar-refractivity contribution in [3.05, 3.63) is 18.2 Å². The molecule has 0 bridgehead atoms. The zero-order chi connectivity index (χ0) is 9.10. The summed E-state index contributed by atoms with van der Waals surface area (Å²) < 4.78 is 5.31. The molecule has 0 spiro atoms. The SMILES string of the molecule is COc1cccc2c1SCCCN2. The summed E-state index contributed by atoms with van der Waals surface area (Å²) >= 11 is 1.87. The first kappa shape index (κ1) is 8.75. The summed E-state index contributed by atoms with van der Waals surface area (Å²) in [6, 6.07) is 6.14. The number of rotatable bonds is 1. The van der Waals surface area contributed by atoms with E-state index in [4.69, 9.17) is 4.74 Å². The highest BCUT2D eigenvalue weighted by Gasteiger charge is 2.11. The van der Waals surface area contributed by atoms with Crippen molar-refractivity contribution >= 4 is 17.4 Å². The molecule has 2 nitrogen and oxygen atoms in total. The highest BCUT2D eigenvalue weighted by Crippen LogP contribution is 2.37. The number of fused-ring (bicyclic) bond motifs is 1. The van der Waals surface area contributed by atoms with Crippen LogP contribution in [-0.4, -0.2) is 19.4 Å². The molecule has 1 aliphatic heterocycles. The van der Waals surface area contributed by atoms with Crippen molar-refractivity contribution in [2.24, 2.45) is 0 Å². The molecular weight excluding hydrogens is 182 g/mol. The average Bonchev–Trinajstić information content (AvgIpc) is 2.41. The summed E-state index contributed by atoms with van der Waals surface area (Å²) in [7, 11) is 1.72. The van der Waals surface area contributed by atoms with Gasteiger partial charge in [-0.25, -0.2) is 0 Å². The largest absolute Gasteiger partial charge is 0.496 e. The van der Waals surface area contributed by atoms with Gasteiger partial charge in [-0.15, -0.1) is 11.8 Å². The van der Waals surface area contributed by atoms with E-state index in [1.165, 1.54) is 22.8 Å². The van der Waals surface area contributed by atoms with Crippen molar-refractivity contribution in [2.75, 3.05) is 24.7 Å². The van der Waals surface area contributed by atoms with Gasteiger partial charge in [0.05, 0.1) is 17.7 Å². The monoisotopic (exact) mass is 195 g/mol. The molecule has 0 radical (unpaired) electrons. The molecule has 0 saturated carbocycles. The molecule has 2 rings (SSSR count). The molecule has 0 aliphatic carbocycles. The van der Waals surface area contributed by atoms with Crippen molar-refractivity contribution in [3.8, 4) is 5.75 Å². The minimum atomic E-state index is 0.983. The maximum atomic E-state index is 5.31. The Kier molecular flexibility index (Phi) is 2.64. The third-order valence-corrected chi connectivity index (χ3v) is 3.28. The standard InChI is InChI=1S/C10H13NOS/c1-12-9-5-2-4-8-10(9)13-7-3-6-11-8/h2,4-5,11H,3,6-7H2,1H3. The quantitative estimate of drug-likeness (QED) is 0.744. The fourth-order valence-corrected chi connectivity index (χ4v) is 2.52. The predicted octanol–water partition coefficient (Wildman–Crippen LogP) is 2.60. The molecule has 1 aromatic carbocycles. The number of hydrogen-bond acceptors (Lipinski definition) is 3. The fraction of sp³-hybridized carbons (Fsp3) is 0.400. The lowest BCUT2D eigenvalue weighted by molar-refractivity contribution is 0.405. The van der Waals surface area contributed by atoms with E-state index in [9.17, 15) is 0 Å². The van der Waals surface area contributed by atoms with Crippen LogP contribution >= 0.6 is 11.8 Å². The van der Waals surface area contributed by atoms with Crippen molar-refractivity contribution in [1.29, 1.82) is 0 Å². The van der Waals surface area contributed by atoms with Crippen LogP contribution in [0, 0.1) is 0 Å². The first-order chi connectivity index (χ1) is 6.42. The van der Waals surface area contributed by atoms with Crippen LogP contribution in [0.2, 0.25) is 0 Å². The minimum Gasteiger partial charge on any atom is -0.496 e. The number of ether oxygens (including phenoxy) is 1. The molecule has 0 saturated heterocycles. The second-order valence-electron chi connectivity index (χ2n) is 2.97. The first-order valence-corrected chi connectivity index (χ1v) is 5.44. The molecule has 0 atom stereocenters. The van der Waals surface area contributed by atoms with E-state index < -0.39 is 0 Å². The average molecular weight is 195 g/mol. The Bertz CT molecular complexity index is 301. The zero-order valence-corrected chi connectivity index (χ0v) is 8.49. The van der Waals surface area contributed by atoms with Gasteiger partial charge >= 0.3 is 0 Å². The Balaban J connectivity index is 2.40. The molecule has 1 aliphatic rings. The van der Waals surface area contributed by atoms with E-state index in [1.54, 1.807) is 7.11 Å². The smallest absolute Gasteiger partial charge is 0.134 e. The molecule has 1 aromatic rings. The lowest BCUT2D eigenvalue weighted by Gasteiger charge is -2.10. The Hall–Kier alpha value is -0.830. The molecule has 1 N–H and O–H groups in total. The second-order valence-corrected chi connectivity index (χ2v) is 4.07. The van der Waals surface area contributed by atoms with E-state index >= 15 is 0 Å². The van der Waals surface area contributed by atoms with Gasteiger partial charge < -0.3 is 10.1 Å². The van der Waals surface area contributed by atoms with Crippen LogP contribution in [0.5, 0.6) is 5.75 Å². The molecule has 13 heavy (non-hydrogen) atoms. The summed E-state index contributed by atoms with van der Waals surface area (Å²) in [6.07, 6.45) is 1.21. The highest BCUT2D eigenvalue weighted by atomic mass is 32.2. The third kappa shape index (κ3) is 1.75. The van der Waals surface area contributed by atoms with Gasteiger partial charge in [-0.1, -0.05) is 6.07 Å². The molecule has 0 amide bonds. The lowest BCUT2D eigenvalue weighted by atomic mass is 10.3. The van der Waals surface area contributed by atoms with Gasteiger partial charge in [0.25, 0.3) is 0 Å². The van der Waals surface area contributed by atoms with Crippen molar-refractivity contribution in [2.45, 2.75) is 11.3 Å². The molecule has 3 heteroatoms. The van der Waals surface area contributed by atoms with Gasteiger partial charge in [-0.2, -0.15) is 0 Å². The summed E-state index contributed by atoms with van der Waals surface area (Å²) in [6.45, 7) is 1.06. The zero-order valence-electron chi connectivity index (χ0n) is 7.67.